The van der Waals surface area contributed by atoms with Gasteiger partial charge in [-0.3, -0.25) is 14.9 Å². The van der Waals surface area contributed by atoms with Crippen molar-refractivity contribution in [2.45, 2.75) is 13.8 Å². The van der Waals surface area contributed by atoms with Crippen LogP contribution in [-0.2, 0) is 0 Å². The van der Waals surface area contributed by atoms with Crippen LogP contribution in [0.1, 0.15) is 27.0 Å². The highest BCUT2D eigenvalue weighted by atomic mass is 16.6. The first-order valence-corrected chi connectivity index (χ1v) is 6.76. The summed E-state index contributed by atoms with van der Waals surface area (Å²) in [4.78, 5) is 22.6. The van der Waals surface area contributed by atoms with Gasteiger partial charge in [0.25, 0.3) is 5.69 Å². The monoisotopic (exact) mass is 295 g/mol. The zero-order chi connectivity index (χ0) is 15.9. The molecule has 2 aromatic rings. The predicted molar refractivity (Wildman–Crippen MR) is 81.9 cm³/mol. The Labute approximate surface area is 127 Å². The van der Waals surface area contributed by atoms with Crippen LogP contribution in [0.5, 0.6) is 5.75 Å². The van der Waals surface area contributed by atoms with Gasteiger partial charge in [-0.1, -0.05) is 12.1 Å². The Morgan fingerprint density at radius 3 is 2.27 bits per heavy atom. The fourth-order valence-corrected chi connectivity index (χ4v) is 2.42. The number of nitrogens with zero attached hydrogens (tertiary/aromatic N) is 1. The van der Waals surface area contributed by atoms with Gasteiger partial charge in [0.05, 0.1) is 10.5 Å². The smallest absolute Gasteiger partial charge is 0.269 e. The number of carbonyl (C=O) groups excluding carboxylic acids is 1. The van der Waals surface area contributed by atoms with Gasteiger partial charge < -0.3 is 4.74 Å². The Kier molecular flexibility index (Phi) is 3.25. The number of ether oxygens (including phenoxy) is 1. The number of nitro benzene ring substituents is 1. The molecule has 1 aliphatic rings. The summed E-state index contributed by atoms with van der Waals surface area (Å²) in [6, 6.07) is 9.78. The van der Waals surface area contributed by atoms with Crippen LogP contribution in [-0.4, -0.2) is 10.7 Å². The third kappa shape index (κ3) is 2.26. The lowest BCUT2D eigenvalue weighted by Crippen LogP contribution is -1.99. The molecule has 3 rings (SSSR count). The average Bonchev–Trinajstić information content (AvgIpc) is 2.82. The van der Waals surface area contributed by atoms with E-state index in [-0.39, 0.29) is 17.2 Å². The zero-order valence-electron chi connectivity index (χ0n) is 12.1. The molecule has 1 aliphatic heterocycles. The fraction of sp³-hybridized carbons (Fsp3) is 0.118. The van der Waals surface area contributed by atoms with Crippen molar-refractivity contribution in [3.63, 3.8) is 0 Å². The molecule has 0 bridgehead atoms. The SMILES string of the molecule is Cc1ccc(C)c2c1O/C(=C\c1ccc([N+](=O)[O-])cc1)C2=O. The number of non-ortho nitro benzene ring substituents is 1. The lowest BCUT2D eigenvalue weighted by Gasteiger charge is -2.03. The van der Waals surface area contributed by atoms with Crippen LogP contribution in [0, 0.1) is 24.0 Å². The number of hydrogen-bond donors (Lipinski definition) is 0. The maximum atomic E-state index is 12.4. The molecule has 0 aromatic heterocycles. The summed E-state index contributed by atoms with van der Waals surface area (Å²) < 4.78 is 5.69. The molecule has 22 heavy (non-hydrogen) atoms. The lowest BCUT2D eigenvalue weighted by molar-refractivity contribution is -0.384. The number of ketones is 1. The minimum Gasteiger partial charge on any atom is -0.452 e. The summed E-state index contributed by atoms with van der Waals surface area (Å²) in [5.74, 6) is 0.675. The number of Topliss-reactive ketones (excluding diaryl/α,β-unsaturated/α-hetero) is 1. The van der Waals surface area contributed by atoms with Crippen LogP contribution in [0.3, 0.4) is 0 Å². The van der Waals surface area contributed by atoms with E-state index in [9.17, 15) is 14.9 Å². The summed E-state index contributed by atoms with van der Waals surface area (Å²) in [6.45, 7) is 3.76. The van der Waals surface area contributed by atoms with Crippen LogP contribution < -0.4 is 4.74 Å². The van der Waals surface area contributed by atoms with Gasteiger partial charge in [0.15, 0.2) is 5.76 Å². The number of nitro groups is 1. The normalized spacial score (nSPS) is 14.8. The van der Waals surface area contributed by atoms with Crippen molar-refractivity contribution in [3.05, 3.63) is 74.5 Å². The standard InChI is InChI=1S/C17H13NO4/c1-10-3-4-11(2)17-15(10)16(19)14(22-17)9-12-5-7-13(8-6-12)18(20)21/h3-9H,1-2H3/b14-9-. The topological polar surface area (TPSA) is 69.4 Å². The summed E-state index contributed by atoms with van der Waals surface area (Å²) in [5.41, 5.74) is 3.06. The molecule has 1 heterocycles. The van der Waals surface area contributed by atoms with Gasteiger partial charge in [0, 0.05) is 12.1 Å². The van der Waals surface area contributed by atoms with E-state index >= 15 is 0 Å². The number of fused-ring (bicyclic) bond motifs is 1. The Morgan fingerprint density at radius 1 is 1.05 bits per heavy atom. The number of allylic oxidation sites excluding steroid dienone is 1. The molecule has 0 saturated heterocycles. The molecule has 2 aromatic carbocycles. The zero-order valence-corrected chi connectivity index (χ0v) is 12.1. The van der Waals surface area contributed by atoms with Crippen molar-refractivity contribution in [3.8, 4) is 5.75 Å². The molecule has 0 saturated carbocycles. The van der Waals surface area contributed by atoms with Crippen LogP contribution in [0.25, 0.3) is 6.08 Å². The van der Waals surface area contributed by atoms with E-state index in [4.69, 9.17) is 4.74 Å². The molecular formula is C17H13NO4. The first-order chi connectivity index (χ1) is 10.5. The van der Waals surface area contributed by atoms with Crippen molar-refractivity contribution >= 4 is 17.5 Å². The van der Waals surface area contributed by atoms with Crippen molar-refractivity contribution in [1.82, 2.24) is 0 Å². The molecule has 0 fully saturated rings. The van der Waals surface area contributed by atoms with Gasteiger partial charge in [0.2, 0.25) is 5.78 Å². The van der Waals surface area contributed by atoms with E-state index in [2.05, 4.69) is 0 Å². The number of rotatable bonds is 2. The maximum absolute atomic E-state index is 12.4. The Hall–Kier alpha value is -2.95. The second kappa shape index (κ2) is 5.11. The van der Waals surface area contributed by atoms with E-state index in [1.54, 1.807) is 18.2 Å². The Balaban J connectivity index is 1.97. The molecule has 110 valence electrons. The largest absolute Gasteiger partial charge is 0.452 e. The molecule has 0 unspecified atom stereocenters. The number of aryl methyl sites for hydroxylation is 2. The van der Waals surface area contributed by atoms with E-state index in [0.717, 1.165) is 11.1 Å². The van der Waals surface area contributed by atoms with Crippen LogP contribution in [0.2, 0.25) is 0 Å². The Bertz CT molecular complexity index is 819. The Morgan fingerprint density at radius 2 is 1.68 bits per heavy atom. The molecule has 0 amide bonds. The van der Waals surface area contributed by atoms with Crippen molar-refractivity contribution in [1.29, 1.82) is 0 Å². The van der Waals surface area contributed by atoms with Gasteiger partial charge in [0.1, 0.15) is 5.75 Å². The quantitative estimate of drug-likeness (QED) is 0.479. The van der Waals surface area contributed by atoms with Crippen molar-refractivity contribution in [2.75, 3.05) is 0 Å². The van der Waals surface area contributed by atoms with Crippen LogP contribution >= 0.6 is 0 Å². The molecule has 0 spiro atoms. The van der Waals surface area contributed by atoms with Gasteiger partial charge >= 0.3 is 0 Å². The molecular weight excluding hydrogens is 282 g/mol. The van der Waals surface area contributed by atoms with E-state index in [1.807, 2.05) is 26.0 Å². The van der Waals surface area contributed by atoms with Gasteiger partial charge in [-0.2, -0.15) is 0 Å². The summed E-state index contributed by atoms with van der Waals surface area (Å²) in [7, 11) is 0. The highest BCUT2D eigenvalue weighted by Crippen LogP contribution is 2.36. The maximum Gasteiger partial charge on any atom is 0.269 e. The molecule has 0 aliphatic carbocycles. The summed E-state index contributed by atoms with van der Waals surface area (Å²) >= 11 is 0. The molecule has 5 heteroatoms. The number of carbonyl (C=O) groups is 1. The summed E-state index contributed by atoms with van der Waals surface area (Å²) in [6.07, 6.45) is 1.60. The first-order valence-electron chi connectivity index (χ1n) is 6.76. The van der Waals surface area contributed by atoms with Crippen molar-refractivity contribution in [2.24, 2.45) is 0 Å². The first kappa shape index (κ1) is 14.0. The fourth-order valence-electron chi connectivity index (χ4n) is 2.42. The number of hydrogen-bond acceptors (Lipinski definition) is 4. The minimum absolute atomic E-state index is 0.00999. The van der Waals surface area contributed by atoms with Crippen molar-refractivity contribution < 1.29 is 14.5 Å². The van der Waals surface area contributed by atoms with E-state index < -0.39 is 4.92 Å². The van der Waals surface area contributed by atoms with E-state index in [1.165, 1.54) is 12.1 Å². The lowest BCUT2D eigenvalue weighted by atomic mass is 10.0. The van der Waals surface area contributed by atoms with Crippen LogP contribution in [0.4, 0.5) is 5.69 Å². The van der Waals surface area contributed by atoms with Gasteiger partial charge in [-0.15, -0.1) is 0 Å². The highest BCUT2D eigenvalue weighted by Gasteiger charge is 2.30. The molecule has 0 radical (unpaired) electrons. The van der Waals surface area contributed by atoms with Crippen LogP contribution in [0.15, 0.2) is 42.2 Å². The highest BCUT2D eigenvalue weighted by molar-refractivity contribution is 6.15. The summed E-state index contributed by atoms with van der Waals surface area (Å²) in [5, 5.41) is 10.6. The van der Waals surface area contributed by atoms with E-state index in [0.29, 0.717) is 16.9 Å². The molecule has 0 atom stereocenters. The molecule has 5 nitrogen and oxygen atoms in total. The second-order valence-electron chi connectivity index (χ2n) is 5.19. The minimum atomic E-state index is -0.462. The third-order valence-corrected chi connectivity index (χ3v) is 3.63. The third-order valence-electron chi connectivity index (χ3n) is 3.63. The average molecular weight is 295 g/mol. The second-order valence-corrected chi connectivity index (χ2v) is 5.19. The predicted octanol–water partition coefficient (Wildman–Crippen LogP) is 3.83. The van der Waals surface area contributed by atoms with Gasteiger partial charge in [-0.25, -0.2) is 0 Å². The van der Waals surface area contributed by atoms with Gasteiger partial charge in [-0.05, 0) is 48.7 Å². The molecule has 0 N–H and O–H groups in total. The number of benzene rings is 2.